The molecule has 0 amide bonds. The third kappa shape index (κ3) is 4.83. The molecule has 0 radical (unpaired) electrons. The fourth-order valence-electron chi connectivity index (χ4n) is 2.29. The van der Waals surface area contributed by atoms with Crippen LogP contribution < -0.4 is 4.72 Å². The summed E-state index contributed by atoms with van der Waals surface area (Å²) in [6, 6.07) is 7.29. The quantitative estimate of drug-likeness (QED) is 0.749. The number of hydrogen-bond donors (Lipinski definition) is 2. The fourth-order valence-corrected chi connectivity index (χ4v) is 3.98. The van der Waals surface area contributed by atoms with E-state index in [9.17, 15) is 14.5 Å². The number of benzene rings is 1. The molecule has 0 aliphatic heterocycles. The molecule has 0 fully saturated rings. The van der Waals surface area contributed by atoms with Crippen LogP contribution in [0.3, 0.4) is 0 Å². The van der Waals surface area contributed by atoms with Gasteiger partial charge in [0.25, 0.3) is 0 Å². The van der Waals surface area contributed by atoms with Gasteiger partial charge in [0.2, 0.25) is 0 Å². The second-order valence-electron chi connectivity index (χ2n) is 6.74. The van der Waals surface area contributed by atoms with Gasteiger partial charge in [-0.05, 0) is 66.8 Å². The summed E-state index contributed by atoms with van der Waals surface area (Å²) < 4.78 is 14.9. The zero-order valence-corrected chi connectivity index (χ0v) is 16.0. The summed E-state index contributed by atoms with van der Waals surface area (Å²) in [4.78, 5) is 11.2. The van der Waals surface area contributed by atoms with E-state index >= 15 is 0 Å². The maximum atomic E-state index is 12.4. The van der Waals surface area contributed by atoms with Gasteiger partial charge < -0.3 is 9.66 Å². The molecule has 2 N–H and O–H groups in total. The zero-order valence-electron chi connectivity index (χ0n) is 14.3. The third-order valence-electron chi connectivity index (χ3n) is 3.64. The summed E-state index contributed by atoms with van der Waals surface area (Å²) >= 11 is 0.298. The second kappa shape index (κ2) is 7.70. The summed E-state index contributed by atoms with van der Waals surface area (Å²) in [5, 5.41) is 13.4. The van der Waals surface area contributed by atoms with Crippen LogP contribution in [0.5, 0.6) is 0 Å². The number of rotatable bonds is 6. The van der Waals surface area contributed by atoms with Crippen LogP contribution in [0.25, 0.3) is 11.1 Å². The maximum Gasteiger partial charge on any atom is 0.305 e. The van der Waals surface area contributed by atoms with Crippen LogP contribution in [-0.4, -0.2) is 20.4 Å². The SMILES string of the molecule is Cc1cscc1-c1cccc(C(CC(=O)O)N[S+]([O-])C(C)(C)C)c1. The zero-order chi connectivity index (χ0) is 17.9. The lowest BCUT2D eigenvalue weighted by Crippen LogP contribution is -2.41. The van der Waals surface area contributed by atoms with E-state index in [0.29, 0.717) is 0 Å². The Bertz CT molecular complexity index is 706. The first kappa shape index (κ1) is 19.0. The van der Waals surface area contributed by atoms with Crippen molar-refractivity contribution in [1.82, 2.24) is 4.72 Å². The van der Waals surface area contributed by atoms with Gasteiger partial charge in [-0.1, -0.05) is 18.2 Å². The molecular formula is C18H23NO3S2. The standard InChI is InChI=1S/C18H23NO3S2/c1-12-10-23-11-15(12)13-6-5-7-14(8-13)16(9-17(20)21)19-24(22)18(2,3)4/h5-8,10-11,16,19H,9H2,1-4H3,(H,20,21). The van der Waals surface area contributed by atoms with Crippen LogP contribution in [0, 0.1) is 6.92 Å². The van der Waals surface area contributed by atoms with Crippen molar-refractivity contribution in [3.05, 3.63) is 46.2 Å². The van der Waals surface area contributed by atoms with E-state index in [4.69, 9.17) is 0 Å². The molecule has 0 bridgehead atoms. The molecule has 4 nitrogen and oxygen atoms in total. The Morgan fingerprint density at radius 2 is 2.08 bits per heavy atom. The van der Waals surface area contributed by atoms with Crippen LogP contribution in [0.1, 0.15) is 44.4 Å². The fraction of sp³-hybridized carbons (Fsp3) is 0.389. The smallest absolute Gasteiger partial charge is 0.305 e. The minimum Gasteiger partial charge on any atom is -0.598 e. The van der Waals surface area contributed by atoms with Gasteiger partial charge in [0.15, 0.2) is 0 Å². The van der Waals surface area contributed by atoms with E-state index in [1.54, 1.807) is 11.3 Å². The first-order valence-corrected chi connectivity index (χ1v) is 9.80. The van der Waals surface area contributed by atoms with Crippen LogP contribution in [-0.2, 0) is 16.2 Å². The lowest BCUT2D eigenvalue weighted by Gasteiger charge is -2.27. The monoisotopic (exact) mass is 365 g/mol. The van der Waals surface area contributed by atoms with Crippen molar-refractivity contribution in [2.75, 3.05) is 0 Å². The van der Waals surface area contributed by atoms with Crippen molar-refractivity contribution in [3.8, 4) is 11.1 Å². The minimum absolute atomic E-state index is 0.117. The van der Waals surface area contributed by atoms with Crippen molar-refractivity contribution < 1.29 is 14.5 Å². The van der Waals surface area contributed by atoms with E-state index in [1.807, 2.05) is 45.0 Å². The van der Waals surface area contributed by atoms with Crippen molar-refractivity contribution in [2.24, 2.45) is 0 Å². The van der Waals surface area contributed by atoms with Gasteiger partial charge >= 0.3 is 5.97 Å². The van der Waals surface area contributed by atoms with Gasteiger partial charge in [-0.15, -0.1) is 4.72 Å². The lowest BCUT2D eigenvalue weighted by atomic mass is 9.98. The third-order valence-corrected chi connectivity index (χ3v) is 6.11. The van der Waals surface area contributed by atoms with Crippen molar-refractivity contribution in [2.45, 2.75) is 44.9 Å². The Balaban J connectivity index is 2.33. The first-order valence-electron chi connectivity index (χ1n) is 7.71. The van der Waals surface area contributed by atoms with Gasteiger partial charge in [-0.25, -0.2) is 0 Å². The van der Waals surface area contributed by atoms with E-state index in [-0.39, 0.29) is 6.42 Å². The highest BCUT2D eigenvalue weighted by molar-refractivity contribution is 7.90. The van der Waals surface area contributed by atoms with Crippen LogP contribution in [0.2, 0.25) is 0 Å². The van der Waals surface area contributed by atoms with Gasteiger partial charge in [0.1, 0.15) is 4.75 Å². The maximum absolute atomic E-state index is 12.4. The second-order valence-corrected chi connectivity index (χ2v) is 9.48. The van der Waals surface area contributed by atoms with E-state index in [0.717, 1.165) is 16.7 Å². The average molecular weight is 366 g/mol. The molecule has 6 heteroatoms. The Kier molecular flexibility index (Phi) is 6.09. The van der Waals surface area contributed by atoms with Gasteiger partial charge in [0, 0.05) is 11.4 Å². The number of thiophene rings is 1. The van der Waals surface area contributed by atoms with E-state index in [1.165, 1.54) is 5.56 Å². The molecule has 1 aromatic heterocycles. The number of hydrogen-bond acceptors (Lipinski definition) is 4. The van der Waals surface area contributed by atoms with Crippen LogP contribution in [0.4, 0.5) is 0 Å². The summed E-state index contributed by atoms with van der Waals surface area (Å²) in [5.41, 5.74) is 4.22. The normalized spacial score (nSPS) is 14.4. The molecule has 2 aromatic rings. The van der Waals surface area contributed by atoms with Crippen LogP contribution >= 0.6 is 11.3 Å². The minimum atomic E-state index is -1.34. The molecule has 0 aliphatic carbocycles. The number of aryl methyl sites for hydroxylation is 1. The number of carbonyl (C=O) groups is 1. The molecule has 24 heavy (non-hydrogen) atoms. The largest absolute Gasteiger partial charge is 0.598 e. The molecule has 1 aromatic carbocycles. The average Bonchev–Trinajstić information content (AvgIpc) is 2.91. The van der Waals surface area contributed by atoms with Gasteiger partial charge in [-0.2, -0.15) is 11.3 Å². The molecule has 0 spiro atoms. The van der Waals surface area contributed by atoms with Gasteiger partial charge in [-0.3, -0.25) is 4.79 Å². The summed E-state index contributed by atoms with van der Waals surface area (Å²) in [6.07, 6.45) is -0.117. The first-order chi connectivity index (χ1) is 11.2. The number of carboxylic acids is 1. The summed E-state index contributed by atoms with van der Waals surface area (Å²) in [7, 11) is 0. The Labute approximate surface area is 150 Å². The highest BCUT2D eigenvalue weighted by Crippen LogP contribution is 2.30. The topological polar surface area (TPSA) is 72.4 Å². The Morgan fingerprint density at radius 3 is 2.62 bits per heavy atom. The van der Waals surface area contributed by atoms with Gasteiger partial charge in [0.05, 0.1) is 12.5 Å². The molecule has 0 aliphatic rings. The van der Waals surface area contributed by atoms with E-state index < -0.39 is 28.1 Å². The highest BCUT2D eigenvalue weighted by atomic mass is 32.2. The molecule has 2 rings (SSSR count). The Morgan fingerprint density at radius 1 is 1.38 bits per heavy atom. The molecule has 0 saturated heterocycles. The number of aliphatic carboxylic acids is 1. The number of carboxylic acid groups (broad SMARTS) is 1. The van der Waals surface area contributed by atoms with E-state index in [2.05, 4.69) is 22.4 Å². The predicted octanol–water partition coefficient (Wildman–Crippen LogP) is 4.29. The van der Waals surface area contributed by atoms with Crippen LogP contribution in [0.15, 0.2) is 35.0 Å². The lowest BCUT2D eigenvalue weighted by molar-refractivity contribution is -0.137. The molecule has 130 valence electrons. The molecule has 2 atom stereocenters. The summed E-state index contributed by atoms with van der Waals surface area (Å²) in [6.45, 7) is 7.64. The highest BCUT2D eigenvalue weighted by Gasteiger charge is 2.31. The summed E-state index contributed by atoms with van der Waals surface area (Å²) in [5.74, 6) is -0.921. The molecular weight excluding hydrogens is 342 g/mol. The van der Waals surface area contributed by atoms with Crippen molar-refractivity contribution in [1.29, 1.82) is 0 Å². The molecule has 0 saturated carbocycles. The van der Waals surface area contributed by atoms with Crippen molar-refractivity contribution in [3.63, 3.8) is 0 Å². The molecule has 1 heterocycles. The van der Waals surface area contributed by atoms with Crippen molar-refractivity contribution >= 4 is 28.7 Å². The predicted molar refractivity (Wildman–Crippen MR) is 101 cm³/mol. The Hall–Kier alpha value is -1.34. The molecule has 2 unspecified atom stereocenters. The number of nitrogens with one attached hydrogen (secondary N) is 1.